The molecule has 1 N–H and O–H groups in total. The first kappa shape index (κ1) is 15.2. The molecule has 0 aromatic carbocycles. The topological polar surface area (TPSA) is 46.9 Å². The number of hydrogen-bond acceptors (Lipinski definition) is 3. The zero-order valence-electron chi connectivity index (χ0n) is 13.0. The third kappa shape index (κ3) is 3.69. The van der Waals surface area contributed by atoms with E-state index in [1.807, 2.05) is 24.5 Å². The molecule has 1 aliphatic carbocycles. The van der Waals surface area contributed by atoms with Crippen LogP contribution in [0.25, 0.3) is 0 Å². The average molecular weight is 277 g/mol. The van der Waals surface area contributed by atoms with Crippen LogP contribution in [0, 0.1) is 19.8 Å². The van der Waals surface area contributed by atoms with Gasteiger partial charge in [0, 0.05) is 24.0 Å². The monoisotopic (exact) mass is 277 g/mol. The van der Waals surface area contributed by atoms with E-state index in [0.29, 0.717) is 12.0 Å². The highest BCUT2D eigenvalue weighted by Gasteiger charge is 2.26. The molecule has 0 saturated heterocycles. The second-order valence-corrected chi connectivity index (χ2v) is 6.01. The maximum absolute atomic E-state index is 12.0. The van der Waals surface area contributed by atoms with Crippen LogP contribution in [0.4, 0.5) is 0 Å². The van der Waals surface area contributed by atoms with Gasteiger partial charge in [-0.1, -0.05) is 13.3 Å². The Balaban J connectivity index is 1.96. The van der Waals surface area contributed by atoms with Crippen LogP contribution in [0.3, 0.4) is 0 Å². The molecule has 1 saturated carbocycles. The van der Waals surface area contributed by atoms with Crippen LogP contribution in [-0.2, 0) is 6.54 Å². The van der Waals surface area contributed by atoms with Crippen LogP contribution >= 0.6 is 0 Å². The molecule has 20 heavy (non-hydrogen) atoms. The van der Waals surface area contributed by atoms with Crippen LogP contribution in [0.15, 0.2) is 10.9 Å². The summed E-state index contributed by atoms with van der Waals surface area (Å²) in [4.78, 5) is 16.0. The minimum Gasteiger partial charge on any atom is -0.314 e. The van der Waals surface area contributed by atoms with E-state index in [0.717, 1.165) is 30.9 Å². The summed E-state index contributed by atoms with van der Waals surface area (Å²) in [6.07, 6.45) is 6.14. The first-order valence-electron chi connectivity index (χ1n) is 7.90. The zero-order valence-corrected chi connectivity index (χ0v) is 13.0. The van der Waals surface area contributed by atoms with Crippen LogP contribution < -0.4 is 11.0 Å². The highest BCUT2D eigenvalue weighted by molar-refractivity contribution is 5.06. The van der Waals surface area contributed by atoms with Gasteiger partial charge in [-0.3, -0.25) is 4.57 Å². The molecule has 4 nitrogen and oxygen atoms in total. The molecule has 0 amide bonds. The maximum atomic E-state index is 12.0. The van der Waals surface area contributed by atoms with Gasteiger partial charge >= 0.3 is 5.69 Å². The third-order valence-corrected chi connectivity index (χ3v) is 4.39. The smallest absolute Gasteiger partial charge is 0.314 e. The summed E-state index contributed by atoms with van der Waals surface area (Å²) >= 11 is 0. The molecule has 1 fully saturated rings. The van der Waals surface area contributed by atoms with E-state index in [1.54, 1.807) is 0 Å². The number of nitrogens with one attached hydrogen (secondary N) is 1. The van der Waals surface area contributed by atoms with Gasteiger partial charge in [0.15, 0.2) is 0 Å². The second-order valence-electron chi connectivity index (χ2n) is 6.01. The Morgan fingerprint density at radius 1 is 1.40 bits per heavy atom. The second kappa shape index (κ2) is 7.02. The summed E-state index contributed by atoms with van der Waals surface area (Å²) in [7, 11) is 0. The number of nitrogens with zero attached hydrogens (tertiary/aromatic N) is 2. The predicted octanol–water partition coefficient (Wildman–Crippen LogP) is 2.42. The van der Waals surface area contributed by atoms with Crippen LogP contribution in [0.2, 0.25) is 0 Å². The van der Waals surface area contributed by atoms with E-state index in [2.05, 4.69) is 17.2 Å². The van der Waals surface area contributed by atoms with E-state index < -0.39 is 0 Å². The predicted molar refractivity (Wildman–Crippen MR) is 82.0 cm³/mol. The molecular formula is C16H27N3O. The molecule has 4 heteroatoms. The highest BCUT2D eigenvalue weighted by atomic mass is 16.1. The van der Waals surface area contributed by atoms with E-state index in [-0.39, 0.29) is 5.69 Å². The van der Waals surface area contributed by atoms with Crippen molar-refractivity contribution in [2.24, 2.45) is 5.92 Å². The van der Waals surface area contributed by atoms with Gasteiger partial charge in [-0.15, -0.1) is 0 Å². The lowest BCUT2D eigenvalue weighted by Crippen LogP contribution is -2.34. The van der Waals surface area contributed by atoms with E-state index in [1.165, 1.54) is 25.7 Å². The van der Waals surface area contributed by atoms with Crippen molar-refractivity contribution < 1.29 is 0 Å². The van der Waals surface area contributed by atoms with E-state index in [4.69, 9.17) is 0 Å². The van der Waals surface area contributed by atoms with Gasteiger partial charge in [-0.25, -0.2) is 4.79 Å². The van der Waals surface area contributed by atoms with Crippen LogP contribution in [0.5, 0.6) is 0 Å². The Bertz CT molecular complexity index is 495. The summed E-state index contributed by atoms with van der Waals surface area (Å²) < 4.78 is 1.82. The Morgan fingerprint density at radius 2 is 2.20 bits per heavy atom. The molecule has 0 spiro atoms. The number of hydrogen-bond donors (Lipinski definition) is 1. The quantitative estimate of drug-likeness (QED) is 0.868. The molecule has 1 aliphatic rings. The Morgan fingerprint density at radius 3 is 2.90 bits per heavy atom. The largest absolute Gasteiger partial charge is 0.347 e. The molecule has 1 aromatic heterocycles. The molecule has 2 rings (SSSR count). The molecule has 1 aromatic rings. The summed E-state index contributed by atoms with van der Waals surface area (Å²) in [6, 6.07) is 2.63. The van der Waals surface area contributed by atoms with Crippen LogP contribution in [-0.4, -0.2) is 22.1 Å². The number of aromatic nitrogens is 2. The Labute approximate surface area is 121 Å². The van der Waals surface area contributed by atoms with Crippen molar-refractivity contribution in [3.8, 4) is 0 Å². The zero-order chi connectivity index (χ0) is 14.5. The van der Waals surface area contributed by atoms with E-state index >= 15 is 0 Å². The Kier molecular flexibility index (Phi) is 5.35. The fraction of sp³-hybridized carbons (Fsp3) is 0.750. The van der Waals surface area contributed by atoms with Crippen molar-refractivity contribution in [1.82, 2.24) is 14.9 Å². The lowest BCUT2D eigenvalue weighted by Gasteiger charge is -2.21. The van der Waals surface area contributed by atoms with Gasteiger partial charge in [0.05, 0.1) is 0 Å². The molecule has 0 aliphatic heterocycles. The van der Waals surface area contributed by atoms with Gasteiger partial charge in [0.2, 0.25) is 0 Å². The van der Waals surface area contributed by atoms with Crippen LogP contribution in [0.1, 0.15) is 50.4 Å². The molecular weight excluding hydrogens is 250 g/mol. The normalized spacial score (nSPS) is 22.4. The van der Waals surface area contributed by atoms with Crippen molar-refractivity contribution in [3.05, 3.63) is 27.9 Å². The molecule has 2 unspecified atom stereocenters. The number of aryl methyl sites for hydroxylation is 2. The lowest BCUT2D eigenvalue weighted by atomic mass is 9.99. The fourth-order valence-corrected chi connectivity index (χ4v) is 3.32. The van der Waals surface area contributed by atoms with Gasteiger partial charge in [-0.05, 0) is 58.1 Å². The average Bonchev–Trinajstić information content (AvgIpc) is 2.82. The van der Waals surface area contributed by atoms with Gasteiger partial charge in [0.1, 0.15) is 0 Å². The summed E-state index contributed by atoms with van der Waals surface area (Å²) in [5, 5.41) is 3.65. The minimum atomic E-state index is -0.0986. The molecule has 1 heterocycles. The van der Waals surface area contributed by atoms with Crippen molar-refractivity contribution in [2.75, 3.05) is 6.54 Å². The van der Waals surface area contributed by atoms with Crippen molar-refractivity contribution in [3.63, 3.8) is 0 Å². The van der Waals surface area contributed by atoms with Crippen molar-refractivity contribution in [1.29, 1.82) is 0 Å². The van der Waals surface area contributed by atoms with Gasteiger partial charge in [-0.2, -0.15) is 4.98 Å². The number of rotatable bonds is 6. The minimum absolute atomic E-state index is 0.0986. The maximum Gasteiger partial charge on any atom is 0.347 e. The first-order chi connectivity index (χ1) is 9.61. The SMILES string of the molecule is CCCNC1CCCC1CCn1c(C)cc(C)nc1=O. The van der Waals surface area contributed by atoms with Crippen molar-refractivity contribution >= 4 is 0 Å². The standard InChI is InChI=1S/C16H27N3O/c1-4-9-17-15-7-5-6-14(15)8-10-19-13(3)11-12(2)18-16(19)20/h11,14-15,17H,4-10H2,1-3H3. The summed E-state index contributed by atoms with van der Waals surface area (Å²) in [5.74, 6) is 0.703. The Hall–Kier alpha value is -1.16. The molecule has 0 radical (unpaired) electrons. The summed E-state index contributed by atoms with van der Waals surface area (Å²) in [5.41, 5.74) is 1.74. The first-order valence-corrected chi connectivity index (χ1v) is 7.90. The van der Waals surface area contributed by atoms with Gasteiger partial charge < -0.3 is 5.32 Å². The van der Waals surface area contributed by atoms with Gasteiger partial charge in [0.25, 0.3) is 0 Å². The highest BCUT2D eigenvalue weighted by Crippen LogP contribution is 2.28. The molecule has 0 bridgehead atoms. The lowest BCUT2D eigenvalue weighted by molar-refractivity contribution is 0.357. The van der Waals surface area contributed by atoms with E-state index in [9.17, 15) is 4.79 Å². The molecule has 2 atom stereocenters. The third-order valence-electron chi connectivity index (χ3n) is 4.39. The molecule has 112 valence electrons. The summed E-state index contributed by atoms with van der Waals surface area (Å²) in [6.45, 7) is 7.98. The fourth-order valence-electron chi connectivity index (χ4n) is 3.32. The van der Waals surface area contributed by atoms with Crippen molar-refractivity contribution in [2.45, 2.75) is 65.5 Å².